The SMILES string of the molecule is Cc1ccccc1-c1nc[c]cc1Cl. The van der Waals surface area contributed by atoms with Gasteiger partial charge in [-0.2, -0.15) is 0 Å². The summed E-state index contributed by atoms with van der Waals surface area (Å²) < 4.78 is 0. The molecule has 0 fully saturated rings. The van der Waals surface area contributed by atoms with Gasteiger partial charge in [0, 0.05) is 17.8 Å². The molecule has 1 aromatic heterocycles. The van der Waals surface area contributed by atoms with E-state index in [4.69, 9.17) is 11.6 Å². The molecule has 1 nitrogen and oxygen atoms in total. The van der Waals surface area contributed by atoms with Crippen molar-refractivity contribution in [3.8, 4) is 11.3 Å². The molecule has 2 rings (SSSR count). The maximum absolute atomic E-state index is 6.04. The van der Waals surface area contributed by atoms with Crippen molar-refractivity contribution in [1.29, 1.82) is 0 Å². The van der Waals surface area contributed by atoms with Crippen LogP contribution in [0, 0.1) is 13.0 Å². The number of aromatic nitrogens is 1. The minimum atomic E-state index is 0.641. The predicted octanol–water partition coefficient (Wildman–Crippen LogP) is 3.51. The van der Waals surface area contributed by atoms with E-state index in [1.165, 1.54) is 5.56 Å². The first kappa shape index (κ1) is 9.22. The summed E-state index contributed by atoms with van der Waals surface area (Å²) in [5, 5.41) is 0.641. The highest BCUT2D eigenvalue weighted by molar-refractivity contribution is 6.33. The quantitative estimate of drug-likeness (QED) is 0.690. The van der Waals surface area contributed by atoms with E-state index in [-0.39, 0.29) is 0 Å². The zero-order chi connectivity index (χ0) is 9.97. The van der Waals surface area contributed by atoms with E-state index in [2.05, 4.69) is 11.1 Å². The minimum absolute atomic E-state index is 0.641. The molecule has 0 unspecified atom stereocenters. The molecule has 0 aliphatic heterocycles. The van der Waals surface area contributed by atoms with Crippen molar-refractivity contribution in [2.45, 2.75) is 6.92 Å². The molecule has 0 saturated carbocycles. The summed E-state index contributed by atoms with van der Waals surface area (Å²) in [6, 6.07) is 12.6. The summed E-state index contributed by atoms with van der Waals surface area (Å²) >= 11 is 6.04. The van der Waals surface area contributed by atoms with Gasteiger partial charge in [0.2, 0.25) is 0 Å². The Hall–Kier alpha value is -1.34. The molecule has 1 aromatic carbocycles. The highest BCUT2D eigenvalue weighted by Gasteiger charge is 2.05. The van der Waals surface area contributed by atoms with Crippen molar-refractivity contribution in [3.63, 3.8) is 0 Å². The third kappa shape index (κ3) is 1.64. The van der Waals surface area contributed by atoms with Crippen LogP contribution in [0.4, 0.5) is 0 Å². The van der Waals surface area contributed by atoms with Gasteiger partial charge in [0.05, 0.1) is 10.7 Å². The second-order valence-corrected chi connectivity index (χ2v) is 3.49. The first-order valence-electron chi connectivity index (χ1n) is 4.36. The van der Waals surface area contributed by atoms with Crippen molar-refractivity contribution in [1.82, 2.24) is 4.98 Å². The monoisotopic (exact) mass is 202 g/mol. The van der Waals surface area contributed by atoms with Crippen LogP contribution in [0.25, 0.3) is 11.3 Å². The van der Waals surface area contributed by atoms with Crippen molar-refractivity contribution >= 4 is 11.6 Å². The van der Waals surface area contributed by atoms with Crippen LogP contribution in [0.3, 0.4) is 0 Å². The van der Waals surface area contributed by atoms with Gasteiger partial charge >= 0.3 is 0 Å². The van der Waals surface area contributed by atoms with Gasteiger partial charge in [-0.05, 0) is 18.6 Å². The van der Waals surface area contributed by atoms with Crippen LogP contribution in [0.1, 0.15) is 5.56 Å². The maximum Gasteiger partial charge on any atom is 0.0891 e. The summed E-state index contributed by atoms with van der Waals surface area (Å²) in [6.07, 6.45) is 1.63. The Morgan fingerprint density at radius 1 is 1.29 bits per heavy atom. The molecule has 0 spiro atoms. The van der Waals surface area contributed by atoms with Crippen molar-refractivity contribution in [2.24, 2.45) is 0 Å². The van der Waals surface area contributed by atoms with Crippen molar-refractivity contribution < 1.29 is 0 Å². The number of aryl methyl sites for hydroxylation is 1. The van der Waals surface area contributed by atoms with E-state index in [1.54, 1.807) is 12.3 Å². The van der Waals surface area contributed by atoms with Gasteiger partial charge in [-0.15, -0.1) is 0 Å². The van der Waals surface area contributed by atoms with Crippen molar-refractivity contribution in [3.05, 3.63) is 53.2 Å². The first-order valence-corrected chi connectivity index (χ1v) is 4.74. The Morgan fingerprint density at radius 3 is 2.79 bits per heavy atom. The van der Waals surface area contributed by atoms with E-state index in [0.717, 1.165) is 11.3 Å². The van der Waals surface area contributed by atoms with Crippen LogP contribution in [0.2, 0.25) is 5.02 Å². The first-order chi connectivity index (χ1) is 6.79. The number of nitrogens with zero attached hydrogens (tertiary/aromatic N) is 1. The number of rotatable bonds is 1. The number of hydrogen-bond donors (Lipinski definition) is 0. The average Bonchev–Trinajstić information content (AvgIpc) is 2.20. The van der Waals surface area contributed by atoms with Gasteiger partial charge in [-0.25, -0.2) is 0 Å². The Balaban J connectivity index is 2.61. The molecule has 0 atom stereocenters. The molecule has 1 radical (unpaired) electrons. The van der Waals surface area contributed by atoms with E-state index in [0.29, 0.717) is 5.02 Å². The third-order valence-electron chi connectivity index (χ3n) is 2.10. The summed E-state index contributed by atoms with van der Waals surface area (Å²) in [5.74, 6) is 0. The van der Waals surface area contributed by atoms with Crippen LogP contribution >= 0.6 is 11.6 Å². The largest absolute Gasteiger partial charge is 0.254 e. The molecule has 0 aliphatic carbocycles. The second-order valence-electron chi connectivity index (χ2n) is 3.08. The smallest absolute Gasteiger partial charge is 0.0891 e. The fourth-order valence-electron chi connectivity index (χ4n) is 1.38. The van der Waals surface area contributed by atoms with Gasteiger partial charge in [-0.3, -0.25) is 4.98 Å². The summed E-state index contributed by atoms with van der Waals surface area (Å²) in [5.41, 5.74) is 3.07. The van der Waals surface area contributed by atoms with Crippen LogP contribution in [0.5, 0.6) is 0 Å². The molecule has 69 valence electrons. The molecule has 0 saturated heterocycles. The topological polar surface area (TPSA) is 12.9 Å². The Bertz CT molecular complexity index is 408. The summed E-state index contributed by atoms with van der Waals surface area (Å²) in [6.45, 7) is 2.05. The highest BCUT2D eigenvalue weighted by atomic mass is 35.5. The Kier molecular flexibility index (Phi) is 2.51. The normalized spacial score (nSPS) is 10.1. The lowest BCUT2D eigenvalue weighted by Gasteiger charge is -2.05. The van der Waals surface area contributed by atoms with Crippen LogP contribution in [0.15, 0.2) is 36.5 Å². The van der Waals surface area contributed by atoms with Crippen LogP contribution < -0.4 is 0 Å². The lowest BCUT2D eigenvalue weighted by molar-refractivity contribution is 1.30. The molecule has 0 amide bonds. The number of benzene rings is 1. The Morgan fingerprint density at radius 2 is 2.07 bits per heavy atom. The van der Waals surface area contributed by atoms with Crippen LogP contribution in [-0.2, 0) is 0 Å². The number of halogens is 1. The summed E-state index contributed by atoms with van der Waals surface area (Å²) in [4.78, 5) is 4.22. The molecule has 0 aliphatic rings. The second kappa shape index (κ2) is 3.81. The average molecular weight is 203 g/mol. The van der Waals surface area contributed by atoms with Gasteiger partial charge in [0.1, 0.15) is 0 Å². The van der Waals surface area contributed by atoms with Gasteiger partial charge in [0.25, 0.3) is 0 Å². The number of hydrogen-bond acceptors (Lipinski definition) is 1. The molecule has 1 heterocycles. The number of pyridine rings is 1. The van der Waals surface area contributed by atoms with Crippen molar-refractivity contribution in [2.75, 3.05) is 0 Å². The molecule has 0 bridgehead atoms. The van der Waals surface area contributed by atoms with E-state index in [1.807, 2.05) is 31.2 Å². The van der Waals surface area contributed by atoms with Gasteiger partial charge in [-0.1, -0.05) is 35.9 Å². The zero-order valence-electron chi connectivity index (χ0n) is 7.79. The van der Waals surface area contributed by atoms with E-state index < -0.39 is 0 Å². The standard InChI is InChI=1S/C12H9ClN/c1-9-5-2-3-6-10(9)12-11(13)7-4-8-14-12/h2-3,5-8H,1H3. The molecule has 2 heteroatoms. The minimum Gasteiger partial charge on any atom is -0.254 e. The fourth-order valence-corrected chi connectivity index (χ4v) is 1.59. The third-order valence-corrected chi connectivity index (χ3v) is 2.39. The molecule has 14 heavy (non-hydrogen) atoms. The highest BCUT2D eigenvalue weighted by Crippen LogP contribution is 2.27. The Labute approximate surface area is 88.4 Å². The summed E-state index contributed by atoms with van der Waals surface area (Å²) in [7, 11) is 0. The van der Waals surface area contributed by atoms with E-state index >= 15 is 0 Å². The molecular weight excluding hydrogens is 194 g/mol. The van der Waals surface area contributed by atoms with Crippen LogP contribution in [-0.4, -0.2) is 4.98 Å². The van der Waals surface area contributed by atoms with E-state index in [9.17, 15) is 0 Å². The fraction of sp³-hybridized carbons (Fsp3) is 0.0833. The van der Waals surface area contributed by atoms with Gasteiger partial charge in [0.15, 0.2) is 0 Å². The molecular formula is C12H9ClN. The molecule has 2 aromatic rings. The lowest BCUT2D eigenvalue weighted by Crippen LogP contribution is -1.87. The maximum atomic E-state index is 6.04. The zero-order valence-corrected chi connectivity index (χ0v) is 8.55. The van der Waals surface area contributed by atoms with Gasteiger partial charge < -0.3 is 0 Å². The molecule has 0 N–H and O–H groups in total. The lowest BCUT2D eigenvalue weighted by atomic mass is 10.1. The predicted molar refractivity (Wildman–Crippen MR) is 58.3 cm³/mol.